The number of aryl methyl sites for hydroxylation is 1. The number of anilines is 2. The first-order chi connectivity index (χ1) is 13.3. The molecule has 2 aromatic carbocycles. The van der Waals surface area contributed by atoms with Gasteiger partial charge in [0.05, 0.1) is 10.9 Å². The summed E-state index contributed by atoms with van der Waals surface area (Å²) in [5, 5.41) is 3.66. The molecule has 2 heterocycles. The lowest BCUT2D eigenvalue weighted by Crippen LogP contribution is -2.05. The van der Waals surface area contributed by atoms with Crippen molar-refractivity contribution < 1.29 is 17.6 Å². The maximum Gasteiger partial charge on any atom is 0.416 e. The van der Waals surface area contributed by atoms with Gasteiger partial charge in [-0.3, -0.25) is 0 Å². The van der Waals surface area contributed by atoms with Crippen LogP contribution in [0.5, 0.6) is 0 Å². The molecule has 0 aliphatic rings. The summed E-state index contributed by atoms with van der Waals surface area (Å²) in [6, 6.07) is 11.0. The van der Waals surface area contributed by atoms with Gasteiger partial charge in [0.15, 0.2) is 0 Å². The summed E-state index contributed by atoms with van der Waals surface area (Å²) in [6.45, 7) is 1.92. The second-order valence-electron chi connectivity index (χ2n) is 6.15. The van der Waals surface area contributed by atoms with Crippen LogP contribution in [0.25, 0.3) is 21.3 Å². The minimum Gasteiger partial charge on any atom is -0.340 e. The molecular weight excluding hydrogens is 390 g/mol. The highest BCUT2D eigenvalue weighted by Crippen LogP contribution is 2.41. The fraction of sp³-hybridized carbons (Fsp3) is 0.100. The third-order valence-electron chi connectivity index (χ3n) is 4.25. The van der Waals surface area contributed by atoms with Crippen molar-refractivity contribution >= 4 is 33.1 Å². The molecule has 2 aromatic heterocycles. The number of aromatic nitrogens is 2. The number of alkyl halides is 3. The number of hydrogen-bond acceptors (Lipinski definition) is 4. The molecule has 0 saturated carbocycles. The van der Waals surface area contributed by atoms with Crippen LogP contribution in [0.4, 0.5) is 29.1 Å². The van der Waals surface area contributed by atoms with Gasteiger partial charge in [-0.15, -0.1) is 11.3 Å². The zero-order valence-electron chi connectivity index (χ0n) is 14.5. The number of benzene rings is 2. The Morgan fingerprint density at radius 2 is 1.75 bits per heavy atom. The third-order valence-corrected chi connectivity index (χ3v) is 5.26. The number of nitrogens with zero attached hydrogens (tertiary/aromatic N) is 2. The van der Waals surface area contributed by atoms with Crippen molar-refractivity contribution in [2.45, 2.75) is 13.1 Å². The third kappa shape index (κ3) is 3.43. The van der Waals surface area contributed by atoms with E-state index < -0.39 is 11.7 Å². The average Bonchev–Trinajstić information content (AvgIpc) is 2.99. The fourth-order valence-corrected chi connectivity index (χ4v) is 4.03. The van der Waals surface area contributed by atoms with Crippen molar-refractivity contribution in [1.82, 2.24) is 9.97 Å². The maximum atomic E-state index is 13.3. The minimum atomic E-state index is -4.43. The zero-order valence-corrected chi connectivity index (χ0v) is 15.3. The number of hydrogen-bond donors (Lipinski definition) is 1. The predicted molar refractivity (Wildman–Crippen MR) is 102 cm³/mol. The molecule has 0 radical (unpaired) electrons. The molecule has 28 heavy (non-hydrogen) atoms. The summed E-state index contributed by atoms with van der Waals surface area (Å²) in [4.78, 5) is 10.2. The molecule has 0 fully saturated rings. The summed E-state index contributed by atoms with van der Waals surface area (Å²) >= 11 is 1.45. The van der Waals surface area contributed by atoms with E-state index in [1.807, 2.05) is 6.92 Å². The van der Waals surface area contributed by atoms with Crippen molar-refractivity contribution in [3.8, 4) is 11.1 Å². The van der Waals surface area contributed by atoms with Crippen LogP contribution in [0.1, 0.15) is 10.4 Å². The molecule has 4 aromatic rings. The molecule has 4 rings (SSSR count). The van der Waals surface area contributed by atoms with Crippen LogP contribution in [-0.4, -0.2) is 9.97 Å². The minimum absolute atomic E-state index is 0.267. The summed E-state index contributed by atoms with van der Waals surface area (Å²) in [7, 11) is 0. The molecule has 0 unspecified atom stereocenters. The average molecular weight is 403 g/mol. The molecule has 0 atom stereocenters. The lowest BCUT2D eigenvalue weighted by molar-refractivity contribution is -0.137. The Morgan fingerprint density at radius 3 is 2.46 bits per heavy atom. The normalized spacial score (nSPS) is 11.8. The first kappa shape index (κ1) is 18.4. The molecule has 0 aliphatic heterocycles. The van der Waals surface area contributed by atoms with E-state index in [1.165, 1.54) is 35.9 Å². The van der Waals surface area contributed by atoms with Gasteiger partial charge in [0.25, 0.3) is 0 Å². The lowest BCUT2D eigenvalue weighted by atomic mass is 10.0. The zero-order chi connectivity index (χ0) is 19.9. The second kappa shape index (κ2) is 6.87. The van der Waals surface area contributed by atoms with Crippen LogP contribution in [0, 0.1) is 12.7 Å². The second-order valence-corrected chi connectivity index (χ2v) is 7.35. The topological polar surface area (TPSA) is 37.8 Å². The Kier molecular flexibility index (Phi) is 4.50. The Hall–Kier alpha value is -3.00. The quantitative estimate of drug-likeness (QED) is 0.393. The van der Waals surface area contributed by atoms with Crippen molar-refractivity contribution in [2.24, 2.45) is 0 Å². The van der Waals surface area contributed by atoms with Crippen LogP contribution in [0.3, 0.4) is 0 Å². The molecule has 142 valence electrons. The first-order valence-electron chi connectivity index (χ1n) is 8.27. The molecule has 8 heteroatoms. The van der Waals surface area contributed by atoms with E-state index in [1.54, 1.807) is 18.2 Å². The van der Waals surface area contributed by atoms with Gasteiger partial charge in [-0.2, -0.15) is 13.2 Å². The van der Waals surface area contributed by atoms with Crippen LogP contribution < -0.4 is 5.32 Å². The number of rotatable bonds is 3. The summed E-state index contributed by atoms with van der Waals surface area (Å²) < 4.78 is 52.3. The molecule has 3 nitrogen and oxygen atoms in total. The van der Waals surface area contributed by atoms with Crippen molar-refractivity contribution in [2.75, 3.05) is 5.32 Å². The van der Waals surface area contributed by atoms with Gasteiger partial charge in [-0.25, -0.2) is 14.4 Å². The van der Waals surface area contributed by atoms with Crippen LogP contribution in [0.15, 0.2) is 54.9 Å². The van der Waals surface area contributed by atoms with E-state index in [2.05, 4.69) is 15.3 Å². The van der Waals surface area contributed by atoms with Gasteiger partial charge in [0, 0.05) is 16.1 Å². The predicted octanol–water partition coefficient (Wildman–Crippen LogP) is 6.57. The monoisotopic (exact) mass is 403 g/mol. The van der Waals surface area contributed by atoms with Crippen LogP contribution in [0.2, 0.25) is 0 Å². The first-order valence-corrected chi connectivity index (χ1v) is 9.09. The molecule has 0 amide bonds. The Morgan fingerprint density at radius 1 is 1.00 bits per heavy atom. The highest BCUT2D eigenvalue weighted by molar-refractivity contribution is 7.19. The highest BCUT2D eigenvalue weighted by Gasteiger charge is 2.30. The Labute approximate surface area is 161 Å². The maximum absolute atomic E-state index is 13.3. The van der Waals surface area contributed by atoms with Crippen molar-refractivity contribution in [3.63, 3.8) is 0 Å². The van der Waals surface area contributed by atoms with Gasteiger partial charge >= 0.3 is 6.18 Å². The van der Waals surface area contributed by atoms with E-state index in [0.29, 0.717) is 16.0 Å². The van der Waals surface area contributed by atoms with E-state index in [0.717, 1.165) is 28.1 Å². The van der Waals surface area contributed by atoms with Crippen LogP contribution >= 0.6 is 11.3 Å². The SMILES string of the molecule is Cc1sc2ncnc(Nc3cccc(C(F)(F)F)c3)c2c1-c1ccc(F)cc1. The molecule has 0 aliphatic carbocycles. The van der Waals surface area contributed by atoms with E-state index in [9.17, 15) is 17.6 Å². The summed E-state index contributed by atoms with van der Waals surface area (Å²) in [6.07, 6.45) is -3.07. The summed E-state index contributed by atoms with van der Waals surface area (Å²) in [5.74, 6) is 0.0486. The van der Waals surface area contributed by atoms with Gasteiger partial charge in [-0.05, 0) is 42.8 Å². The van der Waals surface area contributed by atoms with Gasteiger partial charge < -0.3 is 5.32 Å². The van der Waals surface area contributed by atoms with Crippen LogP contribution in [-0.2, 0) is 6.18 Å². The highest BCUT2D eigenvalue weighted by atomic mass is 32.1. The van der Waals surface area contributed by atoms with Gasteiger partial charge in [0.2, 0.25) is 0 Å². The molecule has 0 bridgehead atoms. The molecule has 0 spiro atoms. The standard InChI is InChI=1S/C20H13F4N3S/c1-11-16(12-5-7-14(21)8-6-12)17-18(25-10-26-19(17)28-11)27-15-4-2-3-13(9-15)20(22,23)24/h2-10H,1H3,(H,25,26,27). The molecule has 0 saturated heterocycles. The largest absolute Gasteiger partial charge is 0.416 e. The fourth-order valence-electron chi connectivity index (χ4n) is 3.01. The van der Waals surface area contributed by atoms with Gasteiger partial charge in [0.1, 0.15) is 22.8 Å². The Bertz CT molecular complexity index is 1150. The lowest BCUT2D eigenvalue weighted by Gasteiger charge is -2.11. The van der Waals surface area contributed by atoms with Crippen molar-refractivity contribution in [3.05, 3.63) is 71.1 Å². The van der Waals surface area contributed by atoms with E-state index in [-0.39, 0.29) is 11.5 Å². The van der Waals surface area contributed by atoms with Gasteiger partial charge in [-0.1, -0.05) is 18.2 Å². The number of thiophene rings is 1. The number of fused-ring (bicyclic) bond motifs is 1. The number of halogens is 4. The molecular formula is C20H13F4N3S. The number of nitrogens with one attached hydrogen (secondary N) is 1. The Balaban J connectivity index is 1.84. The van der Waals surface area contributed by atoms with E-state index in [4.69, 9.17) is 0 Å². The van der Waals surface area contributed by atoms with E-state index >= 15 is 0 Å². The summed E-state index contributed by atoms with van der Waals surface area (Å²) in [5.41, 5.74) is 1.13. The molecule has 1 N–H and O–H groups in total. The smallest absolute Gasteiger partial charge is 0.340 e. The van der Waals surface area contributed by atoms with Crippen molar-refractivity contribution in [1.29, 1.82) is 0 Å².